The van der Waals surface area contributed by atoms with Gasteiger partial charge in [0.1, 0.15) is 5.60 Å². The lowest BCUT2D eigenvalue weighted by Crippen LogP contribution is -2.42. The molecule has 0 bridgehead atoms. The highest BCUT2D eigenvalue weighted by molar-refractivity contribution is 5.96. The van der Waals surface area contributed by atoms with E-state index in [1.165, 1.54) is 0 Å². The van der Waals surface area contributed by atoms with Crippen LogP contribution in [0.15, 0.2) is 0 Å². The molecule has 1 N–H and O–H groups in total. The van der Waals surface area contributed by atoms with Crippen LogP contribution in [0.25, 0.3) is 0 Å². The number of aliphatic carboxylic acids is 1. The fraction of sp³-hybridized carbons (Fsp3) is 0.714. The van der Waals surface area contributed by atoms with Crippen LogP contribution in [0.2, 0.25) is 0 Å². The maximum Gasteiger partial charge on any atom is 0.317 e. The molecule has 3 atom stereocenters. The zero-order chi connectivity index (χ0) is 16.4. The number of carbonyl (C=O) groups is 4. The van der Waals surface area contributed by atoms with Crippen molar-refractivity contribution in [1.29, 1.82) is 0 Å². The lowest BCUT2D eigenvalue weighted by atomic mass is 9.76. The molecule has 1 heterocycles. The van der Waals surface area contributed by atoms with E-state index in [1.54, 1.807) is 27.7 Å². The molecule has 0 saturated carbocycles. The summed E-state index contributed by atoms with van der Waals surface area (Å²) >= 11 is 0. The smallest absolute Gasteiger partial charge is 0.317 e. The van der Waals surface area contributed by atoms with Crippen LogP contribution < -0.4 is 0 Å². The van der Waals surface area contributed by atoms with Gasteiger partial charge in [0.25, 0.3) is 0 Å². The molecule has 0 aromatic carbocycles. The third-order valence-corrected chi connectivity index (χ3v) is 3.94. The first-order valence-electron chi connectivity index (χ1n) is 6.75. The van der Waals surface area contributed by atoms with Gasteiger partial charge in [0.05, 0.1) is 24.7 Å². The predicted molar refractivity (Wildman–Crippen MR) is 70.0 cm³/mol. The van der Waals surface area contributed by atoms with Crippen LogP contribution in [-0.4, -0.2) is 34.6 Å². The van der Waals surface area contributed by atoms with E-state index in [9.17, 15) is 19.2 Å². The predicted octanol–water partition coefficient (Wildman–Crippen LogP) is 1.14. The quantitative estimate of drug-likeness (QED) is 0.579. The van der Waals surface area contributed by atoms with Crippen LogP contribution in [0.1, 0.15) is 40.5 Å². The Balaban J connectivity index is 2.73. The van der Waals surface area contributed by atoms with Gasteiger partial charge in [-0.25, -0.2) is 0 Å². The van der Waals surface area contributed by atoms with Gasteiger partial charge in [-0.1, -0.05) is 13.8 Å². The fourth-order valence-electron chi connectivity index (χ4n) is 2.33. The summed E-state index contributed by atoms with van der Waals surface area (Å²) in [5, 5.41) is 8.53. The highest BCUT2D eigenvalue weighted by atomic mass is 16.6. The fourth-order valence-corrected chi connectivity index (χ4v) is 2.33. The van der Waals surface area contributed by atoms with Crippen molar-refractivity contribution in [3.8, 4) is 0 Å². The molecule has 7 nitrogen and oxygen atoms in total. The number of rotatable bonds is 6. The lowest BCUT2D eigenvalue weighted by molar-refractivity contribution is -0.168. The van der Waals surface area contributed by atoms with Gasteiger partial charge in [0.2, 0.25) is 0 Å². The molecule has 0 aromatic heterocycles. The van der Waals surface area contributed by atoms with E-state index in [-0.39, 0.29) is 12.8 Å². The highest BCUT2D eigenvalue weighted by Gasteiger charge is 2.49. The van der Waals surface area contributed by atoms with Gasteiger partial charge in [-0.2, -0.15) is 0 Å². The van der Waals surface area contributed by atoms with Crippen LogP contribution in [0.5, 0.6) is 0 Å². The van der Waals surface area contributed by atoms with Crippen LogP contribution in [0.4, 0.5) is 0 Å². The number of cyclic esters (lactones) is 2. The maximum atomic E-state index is 11.7. The first-order valence-corrected chi connectivity index (χ1v) is 6.75. The van der Waals surface area contributed by atoms with Crippen molar-refractivity contribution in [2.75, 3.05) is 0 Å². The van der Waals surface area contributed by atoms with E-state index in [2.05, 4.69) is 4.74 Å². The Morgan fingerprint density at radius 2 is 1.86 bits per heavy atom. The molecule has 1 saturated heterocycles. The van der Waals surface area contributed by atoms with Gasteiger partial charge in [-0.3, -0.25) is 19.2 Å². The Morgan fingerprint density at radius 3 is 2.29 bits per heavy atom. The van der Waals surface area contributed by atoms with Gasteiger partial charge in [-0.15, -0.1) is 0 Å². The minimum atomic E-state index is -1.09. The van der Waals surface area contributed by atoms with Crippen molar-refractivity contribution < 1.29 is 33.8 Å². The number of hydrogen-bond acceptors (Lipinski definition) is 6. The molecular formula is C14H20O7. The number of carboxylic acid groups (broad SMARTS) is 1. The van der Waals surface area contributed by atoms with Crippen molar-refractivity contribution in [1.82, 2.24) is 0 Å². The molecule has 118 valence electrons. The second-order valence-corrected chi connectivity index (χ2v) is 5.81. The monoisotopic (exact) mass is 300 g/mol. The summed E-state index contributed by atoms with van der Waals surface area (Å²) < 4.78 is 9.86. The summed E-state index contributed by atoms with van der Waals surface area (Å²) in [6.07, 6.45) is -0.557. The average molecular weight is 300 g/mol. The van der Waals surface area contributed by atoms with Crippen molar-refractivity contribution in [3.05, 3.63) is 0 Å². The van der Waals surface area contributed by atoms with E-state index in [0.717, 1.165) is 0 Å². The van der Waals surface area contributed by atoms with Gasteiger partial charge in [-0.05, 0) is 13.8 Å². The van der Waals surface area contributed by atoms with Gasteiger partial charge >= 0.3 is 23.9 Å². The third-order valence-electron chi connectivity index (χ3n) is 3.94. The summed E-state index contributed by atoms with van der Waals surface area (Å²) in [5.74, 6) is -4.65. The summed E-state index contributed by atoms with van der Waals surface area (Å²) in [6.45, 7) is 6.54. The second kappa shape index (κ2) is 6.24. The first kappa shape index (κ1) is 17.1. The normalized spacial score (nSPS) is 23.6. The molecule has 0 radical (unpaired) electrons. The summed E-state index contributed by atoms with van der Waals surface area (Å²) in [4.78, 5) is 45.2. The van der Waals surface area contributed by atoms with E-state index < -0.39 is 47.2 Å². The van der Waals surface area contributed by atoms with Gasteiger partial charge in [0, 0.05) is 5.92 Å². The standard InChI is InChI=1S/C14H20O7/c1-7-11(13(19)20-12(7)18)8(2)14(3,4)21-10(17)6-5-9(15)16/h7-8,11H,5-6H2,1-4H3,(H,15,16)/t7?,8-,11?/m1/s1. The Kier molecular flexibility index (Phi) is 5.09. The molecule has 1 rings (SSSR count). The van der Waals surface area contributed by atoms with Crippen molar-refractivity contribution in [2.24, 2.45) is 17.8 Å². The van der Waals surface area contributed by atoms with Gasteiger partial charge in [0.15, 0.2) is 0 Å². The number of carboxylic acids is 1. The molecule has 7 heteroatoms. The number of ether oxygens (including phenoxy) is 2. The molecule has 0 aliphatic carbocycles. The lowest BCUT2D eigenvalue weighted by Gasteiger charge is -2.34. The Bertz CT molecular complexity index is 466. The van der Waals surface area contributed by atoms with Crippen molar-refractivity contribution in [2.45, 2.75) is 46.1 Å². The molecule has 21 heavy (non-hydrogen) atoms. The Labute approximate surface area is 122 Å². The topological polar surface area (TPSA) is 107 Å². The first-order chi connectivity index (χ1) is 9.56. The van der Waals surface area contributed by atoms with Crippen molar-refractivity contribution in [3.63, 3.8) is 0 Å². The van der Waals surface area contributed by atoms with Crippen LogP contribution in [-0.2, 0) is 28.7 Å². The van der Waals surface area contributed by atoms with Crippen LogP contribution in [0, 0.1) is 17.8 Å². The molecule has 1 fully saturated rings. The molecule has 0 aromatic rings. The maximum absolute atomic E-state index is 11.7. The molecule has 2 unspecified atom stereocenters. The SMILES string of the molecule is CC1C(=O)OC(=O)C1[C@@H](C)C(C)(C)OC(=O)CCC(=O)O. The van der Waals surface area contributed by atoms with E-state index >= 15 is 0 Å². The third kappa shape index (κ3) is 4.03. The summed E-state index contributed by atoms with van der Waals surface area (Å²) in [5.41, 5.74) is -1.02. The molecule has 0 spiro atoms. The Hall–Kier alpha value is -1.92. The number of hydrogen-bond donors (Lipinski definition) is 1. The molecule has 1 aliphatic heterocycles. The molecule has 1 aliphatic rings. The zero-order valence-corrected chi connectivity index (χ0v) is 12.5. The zero-order valence-electron chi connectivity index (χ0n) is 12.5. The second-order valence-electron chi connectivity index (χ2n) is 5.81. The highest BCUT2D eigenvalue weighted by Crippen LogP contribution is 2.37. The number of esters is 3. The van der Waals surface area contributed by atoms with E-state index in [1.807, 2.05) is 0 Å². The van der Waals surface area contributed by atoms with Crippen LogP contribution >= 0.6 is 0 Å². The number of carbonyl (C=O) groups excluding carboxylic acids is 3. The summed E-state index contributed by atoms with van der Waals surface area (Å²) in [7, 11) is 0. The van der Waals surface area contributed by atoms with Crippen LogP contribution in [0.3, 0.4) is 0 Å². The Morgan fingerprint density at radius 1 is 1.29 bits per heavy atom. The molecular weight excluding hydrogens is 280 g/mol. The average Bonchev–Trinajstić information content (AvgIpc) is 2.59. The minimum absolute atomic E-state index is 0.241. The minimum Gasteiger partial charge on any atom is -0.481 e. The van der Waals surface area contributed by atoms with Gasteiger partial charge < -0.3 is 14.6 Å². The van der Waals surface area contributed by atoms with E-state index in [4.69, 9.17) is 9.84 Å². The van der Waals surface area contributed by atoms with Crippen molar-refractivity contribution >= 4 is 23.9 Å². The molecule has 0 amide bonds. The van der Waals surface area contributed by atoms with E-state index in [0.29, 0.717) is 0 Å². The largest absolute Gasteiger partial charge is 0.481 e. The summed E-state index contributed by atoms with van der Waals surface area (Å²) in [6, 6.07) is 0.